The van der Waals surface area contributed by atoms with Crippen LogP contribution in [0.3, 0.4) is 0 Å². The molecular weight excluding hydrogens is 407 g/mol. The molecule has 4 nitrogen and oxygen atoms in total. The fourth-order valence-electron chi connectivity index (χ4n) is 3.36. The number of nitrogens with one attached hydrogen (secondary N) is 2. The second-order valence-corrected chi connectivity index (χ2v) is 7.94. The number of likely N-dealkylation sites (N-methyl/N-ethyl adjacent to an activating group) is 1. The van der Waals surface area contributed by atoms with Crippen molar-refractivity contribution in [1.29, 1.82) is 0 Å². The van der Waals surface area contributed by atoms with E-state index < -0.39 is 0 Å². The number of H-pyrrole nitrogens is 1. The lowest BCUT2D eigenvalue weighted by atomic mass is 9.80. The van der Waals surface area contributed by atoms with E-state index in [2.05, 4.69) is 56.4 Å². The molecule has 0 amide bonds. The van der Waals surface area contributed by atoms with Crippen LogP contribution in [-0.4, -0.2) is 28.2 Å². The van der Waals surface area contributed by atoms with E-state index >= 15 is 0 Å². The van der Waals surface area contributed by atoms with Gasteiger partial charge >= 0.3 is 0 Å². The average molecular weight is 437 g/mol. The van der Waals surface area contributed by atoms with Crippen LogP contribution in [0.15, 0.2) is 47.5 Å². The number of halogens is 2. The number of nitrogens with zero attached hydrogens (tertiary/aromatic N) is 2. The summed E-state index contributed by atoms with van der Waals surface area (Å²) < 4.78 is 13.2. The first-order chi connectivity index (χ1) is 12.9. The van der Waals surface area contributed by atoms with E-state index in [0.29, 0.717) is 11.7 Å². The fraction of sp³-hybridized carbons (Fsp3) is 0.476. The van der Waals surface area contributed by atoms with Gasteiger partial charge in [0.1, 0.15) is 0 Å². The Balaban J connectivity index is 0.000000211. The normalized spacial score (nSPS) is 20.2. The van der Waals surface area contributed by atoms with Gasteiger partial charge in [-0.3, -0.25) is 5.10 Å². The molecular formula is C21H30BrFN4. The summed E-state index contributed by atoms with van der Waals surface area (Å²) in [7, 11) is 1.66. The van der Waals surface area contributed by atoms with Gasteiger partial charge in [-0.05, 0) is 54.9 Å². The number of hydrogen-bond donors (Lipinski definition) is 2. The molecule has 1 atom stereocenters. The summed E-state index contributed by atoms with van der Waals surface area (Å²) in [6, 6.07) is 0.541. The maximum atomic E-state index is 13.0. The van der Waals surface area contributed by atoms with Crippen molar-refractivity contribution in [1.82, 2.24) is 20.4 Å². The Kier molecular flexibility index (Phi) is 7.90. The van der Waals surface area contributed by atoms with Crippen LogP contribution in [0.2, 0.25) is 0 Å². The molecule has 0 saturated heterocycles. The Bertz CT molecular complexity index is 731. The molecule has 0 bridgehead atoms. The highest BCUT2D eigenvalue weighted by Gasteiger charge is 2.30. The summed E-state index contributed by atoms with van der Waals surface area (Å²) in [5, 5.41) is 10.5. The first kappa shape index (κ1) is 21.5. The molecule has 2 heterocycles. The third kappa shape index (κ3) is 5.12. The van der Waals surface area contributed by atoms with Crippen molar-refractivity contribution in [2.45, 2.75) is 58.0 Å². The summed E-state index contributed by atoms with van der Waals surface area (Å²) in [6.45, 7) is 12.4. The van der Waals surface area contributed by atoms with Gasteiger partial charge in [0.2, 0.25) is 0 Å². The van der Waals surface area contributed by atoms with Gasteiger partial charge in [-0.15, -0.1) is 0 Å². The van der Waals surface area contributed by atoms with E-state index in [-0.39, 0.29) is 10.3 Å². The maximum Gasteiger partial charge on any atom is 0.159 e. The number of hydrogen-bond acceptors (Lipinski definition) is 3. The van der Waals surface area contributed by atoms with Crippen LogP contribution in [0.25, 0.3) is 0 Å². The molecule has 1 aromatic rings. The van der Waals surface area contributed by atoms with Gasteiger partial charge in [0.05, 0.1) is 11.4 Å². The number of aromatic amines is 1. The van der Waals surface area contributed by atoms with Crippen molar-refractivity contribution < 1.29 is 4.39 Å². The van der Waals surface area contributed by atoms with E-state index in [4.69, 9.17) is 0 Å². The Hall–Kier alpha value is -1.82. The Morgan fingerprint density at radius 3 is 2.63 bits per heavy atom. The Morgan fingerprint density at radius 2 is 2.15 bits per heavy atom. The van der Waals surface area contributed by atoms with Gasteiger partial charge in [-0.2, -0.15) is 5.10 Å². The van der Waals surface area contributed by atoms with E-state index in [1.165, 1.54) is 36.2 Å². The average Bonchev–Trinajstić information content (AvgIpc) is 2.99. The molecule has 148 valence electrons. The van der Waals surface area contributed by atoms with Crippen molar-refractivity contribution in [2.75, 3.05) is 7.05 Å². The standard InChI is InChI=1S/C13H19N3.C8H11BrFN/c1-3-16-8-11-12(7-9(16)2)14-15-13(11)10-5-4-6-10;1-4-5-7(11-3)8(10)6(2)9/h3,9-10H,1,4-8H2,2H3,(H,14,15);4-5,11H,2H2,1,3H3/b;5-4-,8-7-. The van der Waals surface area contributed by atoms with Gasteiger partial charge in [0.15, 0.2) is 5.83 Å². The van der Waals surface area contributed by atoms with Crippen LogP contribution in [0, 0.1) is 0 Å². The van der Waals surface area contributed by atoms with E-state index in [9.17, 15) is 4.39 Å². The highest BCUT2D eigenvalue weighted by Crippen LogP contribution is 2.39. The lowest BCUT2D eigenvalue weighted by molar-refractivity contribution is 0.262. The zero-order chi connectivity index (χ0) is 20.0. The third-order valence-electron chi connectivity index (χ3n) is 5.19. The number of rotatable bonds is 5. The first-order valence-electron chi connectivity index (χ1n) is 9.42. The Morgan fingerprint density at radius 1 is 1.44 bits per heavy atom. The molecule has 6 heteroatoms. The van der Waals surface area contributed by atoms with E-state index in [1.807, 2.05) is 13.1 Å². The predicted molar refractivity (Wildman–Crippen MR) is 114 cm³/mol. The van der Waals surface area contributed by atoms with Crippen LogP contribution in [0.5, 0.6) is 0 Å². The maximum absolute atomic E-state index is 13.0. The molecule has 2 N–H and O–H groups in total. The van der Waals surface area contributed by atoms with Crippen molar-refractivity contribution in [2.24, 2.45) is 0 Å². The fourth-order valence-corrected chi connectivity index (χ4v) is 3.57. The molecule has 1 aliphatic heterocycles. The molecule has 1 fully saturated rings. The molecule has 1 saturated carbocycles. The van der Waals surface area contributed by atoms with E-state index in [0.717, 1.165) is 18.9 Å². The summed E-state index contributed by atoms with van der Waals surface area (Å²) in [5.74, 6) is 0.352. The summed E-state index contributed by atoms with van der Waals surface area (Å²) in [5.41, 5.74) is 4.56. The van der Waals surface area contributed by atoms with Crippen LogP contribution in [0.1, 0.15) is 56.0 Å². The van der Waals surface area contributed by atoms with Crippen LogP contribution < -0.4 is 5.32 Å². The lowest BCUT2D eigenvalue weighted by Crippen LogP contribution is -2.34. The van der Waals surface area contributed by atoms with Gasteiger partial charge < -0.3 is 10.2 Å². The molecule has 2 aliphatic rings. The van der Waals surface area contributed by atoms with Crippen LogP contribution in [-0.2, 0) is 13.0 Å². The predicted octanol–water partition coefficient (Wildman–Crippen LogP) is 5.44. The molecule has 0 aromatic carbocycles. The summed E-state index contributed by atoms with van der Waals surface area (Å²) in [6.07, 6.45) is 10.4. The zero-order valence-corrected chi connectivity index (χ0v) is 18.1. The largest absolute Gasteiger partial charge is 0.386 e. The molecule has 27 heavy (non-hydrogen) atoms. The molecule has 1 unspecified atom stereocenters. The molecule has 3 rings (SSSR count). The summed E-state index contributed by atoms with van der Waals surface area (Å²) in [4.78, 5) is 2.32. The number of allylic oxidation sites excluding steroid dienone is 4. The minimum Gasteiger partial charge on any atom is -0.386 e. The zero-order valence-electron chi connectivity index (χ0n) is 16.5. The number of fused-ring (bicyclic) bond motifs is 1. The molecule has 0 spiro atoms. The smallest absolute Gasteiger partial charge is 0.159 e. The van der Waals surface area contributed by atoms with Gasteiger partial charge in [-0.1, -0.05) is 25.7 Å². The molecule has 1 aromatic heterocycles. The van der Waals surface area contributed by atoms with Gasteiger partial charge in [0.25, 0.3) is 0 Å². The van der Waals surface area contributed by atoms with Gasteiger partial charge in [-0.25, -0.2) is 4.39 Å². The van der Waals surface area contributed by atoms with Crippen LogP contribution in [0.4, 0.5) is 4.39 Å². The Labute approximate surface area is 170 Å². The first-order valence-corrected chi connectivity index (χ1v) is 10.2. The second kappa shape index (κ2) is 9.93. The monoisotopic (exact) mass is 436 g/mol. The number of aromatic nitrogens is 2. The minimum absolute atomic E-state index is 0.250. The third-order valence-corrected chi connectivity index (χ3v) is 5.54. The molecule has 1 aliphatic carbocycles. The topological polar surface area (TPSA) is 44.0 Å². The highest BCUT2D eigenvalue weighted by atomic mass is 79.9. The van der Waals surface area contributed by atoms with Crippen molar-refractivity contribution in [3.63, 3.8) is 0 Å². The SMILES string of the molecule is C=C(Br)/C(F)=C(\C=C/C)NC.C=CN1Cc2c(C3CCC3)n[nH]c2CC1C. The van der Waals surface area contributed by atoms with Crippen molar-refractivity contribution >= 4 is 15.9 Å². The van der Waals surface area contributed by atoms with Crippen molar-refractivity contribution in [3.05, 3.63) is 64.5 Å². The second-order valence-electron chi connectivity index (χ2n) is 6.98. The lowest BCUT2D eigenvalue weighted by Gasteiger charge is -2.33. The molecule has 0 radical (unpaired) electrons. The van der Waals surface area contributed by atoms with Crippen molar-refractivity contribution in [3.8, 4) is 0 Å². The minimum atomic E-state index is -0.370. The summed E-state index contributed by atoms with van der Waals surface area (Å²) >= 11 is 2.95. The van der Waals surface area contributed by atoms with Crippen LogP contribution >= 0.6 is 15.9 Å². The van der Waals surface area contributed by atoms with E-state index in [1.54, 1.807) is 19.2 Å². The highest BCUT2D eigenvalue weighted by molar-refractivity contribution is 9.11. The quantitative estimate of drug-likeness (QED) is 0.603. The van der Waals surface area contributed by atoms with Gasteiger partial charge in [0, 0.05) is 47.7 Å².